The van der Waals surface area contributed by atoms with Crippen LogP contribution >= 0.6 is 0 Å². The molecule has 0 amide bonds. The highest BCUT2D eigenvalue weighted by Crippen LogP contribution is 2.25. The maximum Gasteiger partial charge on any atom is 0.237 e. The predicted molar refractivity (Wildman–Crippen MR) is 76.9 cm³/mol. The largest absolute Gasteiger partial charge is 0.467 e. The molecule has 0 saturated heterocycles. The van der Waals surface area contributed by atoms with Gasteiger partial charge in [0.05, 0.1) is 30.9 Å². The van der Waals surface area contributed by atoms with E-state index in [-0.39, 0.29) is 24.6 Å². The van der Waals surface area contributed by atoms with Crippen LogP contribution in [0, 0.1) is 11.6 Å². The molecular weight excluding hydrogens is 316 g/mol. The second-order valence-corrected chi connectivity index (χ2v) is 6.50. The van der Waals surface area contributed by atoms with Gasteiger partial charge in [0.2, 0.25) is 10.0 Å². The number of hydrogen-bond acceptors (Lipinski definition) is 4. The molecule has 0 N–H and O–H groups in total. The summed E-state index contributed by atoms with van der Waals surface area (Å²) in [7, 11) is -2.50. The second-order valence-electron chi connectivity index (χ2n) is 4.49. The molecule has 0 aliphatic carbocycles. The number of hydrogen-bond donors (Lipinski definition) is 0. The third-order valence-corrected chi connectivity index (χ3v) is 4.62. The zero-order valence-corrected chi connectivity index (χ0v) is 12.6. The van der Waals surface area contributed by atoms with Crippen LogP contribution in [0.3, 0.4) is 0 Å². The standard InChI is InChI=1S/C14H15F2NO4S/c1-20-7-8-22(18,19)17(10-12-3-2-6-21-12)14-5-4-11(15)9-13(14)16/h2-6,9H,7-8,10H2,1H3. The van der Waals surface area contributed by atoms with E-state index < -0.39 is 21.7 Å². The number of halogens is 2. The number of sulfonamides is 1. The van der Waals surface area contributed by atoms with Crippen LogP contribution in [0.1, 0.15) is 5.76 Å². The van der Waals surface area contributed by atoms with E-state index in [1.54, 1.807) is 12.1 Å². The van der Waals surface area contributed by atoms with E-state index in [1.165, 1.54) is 13.4 Å². The third kappa shape index (κ3) is 3.83. The Morgan fingerprint density at radius 1 is 1.27 bits per heavy atom. The fourth-order valence-electron chi connectivity index (χ4n) is 1.86. The Hall–Kier alpha value is -1.93. The normalized spacial score (nSPS) is 11.6. The quantitative estimate of drug-likeness (QED) is 0.782. The van der Waals surface area contributed by atoms with Gasteiger partial charge in [-0.1, -0.05) is 0 Å². The molecule has 2 aromatic rings. The summed E-state index contributed by atoms with van der Waals surface area (Å²) in [6, 6.07) is 5.88. The van der Waals surface area contributed by atoms with E-state index in [1.807, 2.05) is 0 Å². The summed E-state index contributed by atoms with van der Waals surface area (Å²) < 4.78 is 62.5. The molecule has 0 radical (unpaired) electrons. The highest BCUT2D eigenvalue weighted by molar-refractivity contribution is 7.92. The summed E-state index contributed by atoms with van der Waals surface area (Å²) in [5, 5.41) is 0. The second kappa shape index (κ2) is 6.89. The monoisotopic (exact) mass is 331 g/mol. The van der Waals surface area contributed by atoms with Gasteiger partial charge in [-0.15, -0.1) is 0 Å². The van der Waals surface area contributed by atoms with Gasteiger partial charge in [0.1, 0.15) is 17.4 Å². The Kier molecular flexibility index (Phi) is 5.15. The number of furan rings is 1. The van der Waals surface area contributed by atoms with Crippen LogP contribution < -0.4 is 4.31 Å². The van der Waals surface area contributed by atoms with Crippen LogP contribution in [-0.2, 0) is 21.3 Å². The lowest BCUT2D eigenvalue weighted by Gasteiger charge is -2.23. The van der Waals surface area contributed by atoms with Crippen LogP contribution in [-0.4, -0.2) is 27.9 Å². The molecule has 1 aromatic heterocycles. The molecule has 5 nitrogen and oxygen atoms in total. The Morgan fingerprint density at radius 2 is 2.05 bits per heavy atom. The highest BCUT2D eigenvalue weighted by Gasteiger charge is 2.26. The summed E-state index contributed by atoms with van der Waals surface area (Å²) in [5.74, 6) is -1.74. The summed E-state index contributed by atoms with van der Waals surface area (Å²) in [6.07, 6.45) is 1.39. The van der Waals surface area contributed by atoms with Gasteiger partial charge in [-0.05, 0) is 24.3 Å². The first-order valence-electron chi connectivity index (χ1n) is 6.41. The SMILES string of the molecule is COCCS(=O)(=O)N(Cc1ccco1)c1ccc(F)cc1F. The maximum absolute atomic E-state index is 14.0. The summed E-state index contributed by atoms with van der Waals surface area (Å²) in [5.41, 5.74) is -0.242. The summed E-state index contributed by atoms with van der Waals surface area (Å²) >= 11 is 0. The summed E-state index contributed by atoms with van der Waals surface area (Å²) in [4.78, 5) is 0. The van der Waals surface area contributed by atoms with Crippen molar-refractivity contribution in [3.63, 3.8) is 0 Å². The molecule has 2 rings (SSSR count). The molecule has 0 aliphatic heterocycles. The van der Waals surface area contributed by atoms with Gasteiger partial charge in [0.25, 0.3) is 0 Å². The number of benzene rings is 1. The molecule has 22 heavy (non-hydrogen) atoms. The van der Waals surface area contributed by atoms with Crippen molar-refractivity contribution >= 4 is 15.7 Å². The lowest BCUT2D eigenvalue weighted by Crippen LogP contribution is -2.34. The smallest absolute Gasteiger partial charge is 0.237 e. The van der Waals surface area contributed by atoms with Gasteiger partial charge >= 0.3 is 0 Å². The average molecular weight is 331 g/mol. The number of rotatable bonds is 7. The first-order valence-corrected chi connectivity index (χ1v) is 8.02. The number of anilines is 1. The predicted octanol–water partition coefficient (Wildman–Crippen LogP) is 2.54. The zero-order valence-electron chi connectivity index (χ0n) is 11.8. The van der Waals surface area contributed by atoms with Crippen LogP contribution in [0.15, 0.2) is 41.0 Å². The fraction of sp³-hybridized carbons (Fsp3) is 0.286. The minimum atomic E-state index is -3.86. The van der Waals surface area contributed by atoms with E-state index in [4.69, 9.17) is 9.15 Å². The topological polar surface area (TPSA) is 59.8 Å². The van der Waals surface area contributed by atoms with Gasteiger partial charge in [-0.25, -0.2) is 17.2 Å². The molecule has 0 bridgehead atoms. The number of methoxy groups -OCH3 is 1. The molecule has 1 heterocycles. The van der Waals surface area contributed by atoms with Crippen molar-refractivity contribution in [2.45, 2.75) is 6.54 Å². The Balaban J connectivity index is 2.40. The van der Waals surface area contributed by atoms with Crippen molar-refractivity contribution < 1.29 is 26.4 Å². The average Bonchev–Trinajstić information content (AvgIpc) is 2.96. The highest BCUT2D eigenvalue weighted by atomic mass is 32.2. The molecule has 1 aromatic carbocycles. The molecule has 0 spiro atoms. The minimum Gasteiger partial charge on any atom is -0.467 e. The molecule has 0 saturated carbocycles. The Bertz CT molecular complexity index is 716. The van der Waals surface area contributed by atoms with Crippen LogP contribution in [0.2, 0.25) is 0 Å². The first kappa shape index (κ1) is 16.4. The lowest BCUT2D eigenvalue weighted by atomic mass is 10.3. The van der Waals surface area contributed by atoms with Crippen LogP contribution in [0.5, 0.6) is 0 Å². The Morgan fingerprint density at radius 3 is 2.64 bits per heavy atom. The van der Waals surface area contributed by atoms with Gasteiger partial charge in [0, 0.05) is 13.2 Å². The van der Waals surface area contributed by atoms with Gasteiger partial charge in [-0.3, -0.25) is 4.31 Å². The lowest BCUT2D eigenvalue weighted by molar-refractivity contribution is 0.217. The molecule has 0 aliphatic rings. The molecule has 0 atom stereocenters. The van der Waals surface area contributed by atoms with Crippen LogP contribution in [0.25, 0.3) is 0 Å². The number of nitrogens with zero attached hydrogens (tertiary/aromatic N) is 1. The van der Waals surface area contributed by atoms with Crippen molar-refractivity contribution in [1.82, 2.24) is 0 Å². The van der Waals surface area contributed by atoms with Gasteiger partial charge in [-0.2, -0.15) is 0 Å². The molecule has 120 valence electrons. The van der Waals surface area contributed by atoms with Crippen molar-refractivity contribution in [3.8, 4) is 0 Å². The maximum atomic E-state index is 14.0. The van der Waals surface area contributed by atoms with E-state index in [0.29, 0.717) is 11.8 Å². The number of ether oxygens (including phenoxy) is 1. The van der Waals surface area contributed by atoms with Crippen molar-refractivity contribution in [1.29, 1.82) is 0 Å². The zero-order chi connectivity index (χ0) is 16.2. The first-order chi connectivity index (χ1) is 10.4. The molecule has 0 unspecified atom stereocenters. The minimum absolute atomic E-state index is 0.0419. The van der Waals surface area contributed by atoms with E-state index >= 15 is 0 Å². The van der Waals surface area contributed by atoms with E-state index in [0.717, 1.165) is 16.4 Å². The van der Waals surface area contributed by atoms with E-state index in [2.05, 4.69) is 0 Å². The molecule has 0 fully saturated rings. The van der Waals surface area contributed by atoms with E-state index in [9.17, 15) is 17.2 Å². The van der Waals surface area contributed by atoms with Crippen molar-refractivity contribution in [3.05, 3.63) is 54.0 Å². The van der Waals surface area contributed by atoms with Crippen LogP contribution in [0.4, 0.5) is 14.5 Å². The summed E-state index contributed by atoms with van der Waals surface area (Å²) in [6.45, 7) is -0.235. The third-order valence-electron chi connectivity index (χ3n) is 2.94. The molecular formula is C14H15F2NO4S. The van der Waals surface area contributed by atoms with Gasteiger partial charge in [0.15, 0.2) is 0 Å². The van der Waals surface area contributed by atoms with Gasteiger partial charge < -0.3 is 9.15 Å². The van der Waals surface area contributed by atoms with Crippen molar-refractivity contribution in [2.24, 2.45) is 0 Å². The molecule has 8 heteroatoms. The van der Waals surface area contributed by atoms with Crippen molar-refractivity contribution in [2.75, 3.05) is 23.8 Å². The fourth-order valence-corrected chi connectivity index (χ4v) is 3.23. The Labute approximate surface area is 127 Å².